The van der Waals surface area contributed by atoms with E-state index in [4.69, 9.17) is 28.1 Å². The number of hydrogen-bond donors (Lipinski definition) is 1. The Labute approximate surface area is 171 Å². The molecule has 1 N–H and O–H groups in total. The van der Waals surface area contributed by atoms with Crippen LogP contribution < -0.4 is 19.7 Å². The lowest BCUT2D eigenvalue weighted by atomic mass is 10.1. The topological polar surface area (TPSA) is 67.9 Å². The SMILES string of the molecule is C#CCOc1ccc(/C=C2/C(=O)NC(=S)N(c3ccc(F)cc3)C2=O)cc1OC. The third-order valence-corrected chi connectivity index (χ3v) is 4.28. The van der Waals surface area contributed by atoms with Crippen molar-refractivity contribution in [3.8, 4) is 23.8 Å². The van der Waals surface area contributed by atoms with Gasteiger partial charge in [-0.05, 0) is 60.3 Å². The van der Waals surface area contributed by atoms with Crippen LogP contribution in [-0.2, 0) is 9.59 Å². The zero-order valence-electron chi connectivity index (χ0n) is 15.3. The average Bonchev–Trinajstić information content (AvgIpc) is 2.71. The Kier molecular flexibility index (Phi) is 5.90. The molecule has 0 unspecified atom stereocenters. The van der Waals surface area contributed by atoms with E-state index in [9.17, 15) is 14.0 Å². The van der Waals surface area contributed by atoms with Crippen molar-refractivity contribution in [1.29, 1.82) is 0 Å². The highest BCUT2D eigenvalue weighted by atomic mass is 32.1. The summed E-state index contributed by atoms with van der Waals surface area (Å²) in [5, 5.41) is 2.38. The second kappa shape index (κ2) is 8.54. The largest absolute Gasteiger partial charge is 0.493 e. The molecule has 0 atom stereocenters. The van der Waals surface area contributed by atoms with Crippen LogP contribution in [0.5, 0.6) is 11.5 Å². The molecule has 0 saturated carbocycles. The van der Waals surface area contributed by atoms with Crippen LogP contribution >= 0.6 is 12.2 Å². The van der Waals surface area contributed by atoms with Crippen LogP contribution in [-0.4, -0.2) is 30.6 Å². The summed E-state index contributed by atoms with van der Waals surface area (Å²) in [6.07, 6.45) is 6.60. The van der Waals surface area contributed by atoms with Crippen LogP contribution in [0.3, 0.4) is 0 Å². The second-order valence-corrected chi connectivity index (χ2v) is 6.22. The first-order valence-corrected chi connectivity index (χ1v) is 8.76. The van der Waals surface area contributed by atoms with Gasteiger partial charge in [-0.15, -0.1) is 6.42 Å². The van der Waals surface area contributed by atoms with E-state index in [1.807, 2.05) is 0 Å². The molecule has 0 bridgehead atoms. The van der Waals surface area contributed by atoms with Crippen LogP contribution in [0.1, 0.15) is 5.56 Å². The summed E-state index contributed by atoms with van der Waals surface area (Å²) in [6, 6.07) is 10.1. The number of halogens is 1. The van der Waals surface area contributed by atoms with E-state index in [1.54, 1.807) is 18.2 Å². The smallest absolute Gasteiger partial charge is 0.270 e. The Balaban J connectivity index is 1.96. The standard InChI is InChI=1S/C21H15FN2O4S/c1-3-10-28-17-9-4-13(12-18(17)27-2)11-16-19(25)23-21(29)24(20(16)26)15-7-5-14(22)6-8-15/h1,4-9,11-12H,10H2,2H3,(H,23,25,29)/b16-11-. The summed E-state index contributed by atoms with van der Waals surface area (Å²) in [5.74, 6) is 1.47. The number of amides is 2. The van der Waals surface area contributed by atoms with Crippen molar-refractivity contribution in [2.45, 2.75) is 0 Å². The van der Waals surface area contributed by atoms with Crippen LogP contribution in [0, 0.1) is 18.2 Å². The zero-order chi connectivity index (χ0) is 21.0. The lowest BCUT2D eigenvalue weighted by Gasteiger charge is -2.28. The minimum Gasteiger partial charge on any atom is -0.493 e. The summed E-state index contributed by atoms with van der Waals surface area (Å²) in [4.78, 5) is 26.4. The molecule has 146 valence electrons. The number of carbonyl (C=O) groups excluding carboxylic acids is 2. The van der Waals surface area contributed by atoms with Crippen molar-refractivity contribution in [3.05, 3.63) is 59.4 Å². The zero-order valence-corrected chi connectivity index (χ0v) is 16.1. The van der Waals surface area contributed by atoms with Gasteiger partial charge in [0.25, 0.3) is 11.8 Å². The number of anilines is 1. The van der Waals surface area contributed by atoms with Gasteiger partial charge in [-0.2, -0.15) is 0 Å². The minimum absolute atomic E-state index is 0.0712. The molecule has 1 fully saturated rings. The van der Waals surface area contributed by atoms with E-state index in [0.717, 1.165) is 4.90 Å². The van der Waals surface area contributed by atoms with Gasteiger partial charge in [-0.25, -0.2) is 4.39 Å². The van der Waals surface area contributed by atoms with Gasteiger partial charge in [-0.1, -0.05) is 12.0 Å². The Morgan fingerprint density at radius 2 is 1.93 bits per heavy atom. The number of carbonyl (C=O) groups is 2. The molecule has 0 aliphatic carbocycles. The minimum atomic E-state index is -0.634. The lowest BCUT2D eigenvalue weighted by Crippen LogP contribution is -2.54. The number of terminal acetylenes is 1. The molecular formula is C21H15FN2O4S. The number of nitrogens with one attached hydrogen (secondary N) is 1. The number of thiocarbonyl (C=S) groups is 1. The van der Waals surface area contributed by atoms with Crippen molar-refractivity contribution in [3.63, 3.8) is 0 Å². The first-order chi connectivity index (χ1) is 13.9. The fourth-order valence-electron chi connectivity index (χ4n) is 2.66. The number of benzene rings is 2. The molecule has 0 radical (unpaired) electrons. The molecule has 3 rings (SSSR count). The third kappa shape index (κ3) is 4.25. The maximum Gasteiger partial charge on any atom is 0.270 e. The molecule has 1 aliphatic heterocycles. The van der Waals surface area contributed by atoms with Gasteiger partial charge < -0.3 is 9.47 Å². The quantitative estimate of drug-likeness (QED) is 0.355. The van der Waals surface area contributed by atoms with Gasteiger partial charge in [0.05, 0.1) is 12.8 Å². The molecule has 0 aromatic heterocycles. The molecule has 2 amide bonds. The number of nitrogens with zero attached hydrogens (tertiary/aromatic N) is 1. The average molecular weight is 410 g/mol. The van der Waals surface area contributed by atoms with Crippen molar-refractivity contribution in [1.82, 2.24) is 5.32 Å². The summed E-state index contributed by atoms with van der Waals surface area (Å²) >= 11 is 5.11. The van der Waals surface area contributed by atoms with Gasteiger partial charge in [0.15, 0.2) is 16.6 Å². The summed E-state index contributed by atoms with van der Waals surface area (Å²) < 4.78 is 23.9. The van der Waals surface area contributed by atoms with E-state index in [2.05, 4.69) is 11.2 Å². The fourth-order valence-corrected chi connectivity index (χ4v) is 2.94. The van der Waals surface area contributed by atoms with Crippen molar-refractivity contribution in [2.75, 3.05) is 18.6 Å². The van der Waals surface area contributed by atoms with Crippen molar-refractivity contribution >= 4 is 40.9 Å². The fraction of sp³-hybridized carbons (Fsp3) is 0.0952. The first kappa shape index (κ1) is 20.0. The molecular weight excluding hydrogens is 395 g/mol. The van der Waals surface area contributed by atoms with Gasteiger partial charge in [0.1, 0.15) is 18.0 Å². The summed E-state index contributed by atoms with van der Waals surface area (Å²) in [7, 11) is 1.46. The third-order valence-electron chi connectivity index (χ3n) is 4.00. The van der Waals surface area contributed by atoms with Crippen LogP contribution in [0.15, 0.2) is 48.0 Å². The Bertz CT molecular complexity index is 1060. The molecule has 0 spiro atoms. The van der Waals surface area contributed by atoms with Gasteiger partial charge >= 0.3 is 0 Å². The number of methoxy groups -OCH3 is 1. The monoisotopic (exact) mass is 410 g/mol. The number of rotatable bonds is 5. The Morgan fingerprint density at radius 3 is 2.59 bits per heavy atom. The van der Waals surface area contributed by atoms with E-state index in [-0.39, 0.29) is 17.3 Å². The highest BCUT2D eigenvalue weighted by Crippen LogP contribution is 2.30. The van der Waals surface area contributed by atoms with E-state index in [0.29, 0.717) is 22.7 Å². The number of ether oxygens (including phenoxy) is 2. The molecule has 1 heterocycles. The van der Waals surface area contributed by atoms with Crippen LogP contribution in [0.4, 0.5) is 10.1 Å². The molecule has 2 aromatic rings. The van der Waals surface area contributed by atoms with Gasteiger partial charge in [0, 0.05) is 0 Å². The second-order valence-electron chi connectivity index (χ2n) is 5.84. The van der Waals surface area contributed by atoms with Crippen molar-refractivity contribution in [2.24, 2.45) is 0 Å². The van der Waals surface area contributed by atoms with Gasteiger partial charge in [0.2, 0.25) is 0 Å². The Morgan fingerprint density at radius 1 is 1.21 bits per heavy atom. The summed E-state index contributed by atoms with van der Waals surface area (Å²) in [5.41, 5.74) is 0.727. The highest BCUT2D eigenvalue weighted by molar-refractivity contribution is 7.80. The maximum absolute atomic E-state index is 13.2. The predicted molar refractivity (Wildman–Crippen MR) is 110 cm³/mol. The summed E-state index contributed by atoms with van der Waals surface area (Å²) in [6.45, 7) is 0.0712. The van der Waals surface area contributed by atoms with Crippen LogP contribution in [0.2, 0.25) is 0 Å². The van der Waals surface area contributed by atoms with E-state index >= 15 is 0 Å². The van der Waals surface area contributed by atoms with Crippen LogP contribution in [0.25, 0.3) is 6.08 Å². The molecule has 6 nitrogen and oxygen atoms in total. The predicted octanol–water partition coefficient (Wildman–Crippen LogP) is 2.68. The maximum atomic E-state index is 13.2. The number of hydrogen-bond acceptors (Lipinski definition) is 5. The van der Waals surface area contributed by atoms with E-state index in [1.165, 1.54) is 37.5 Å². The molecule has 2 aromatic carbocycles. The molecule has 29 heavy (non-hydrogen) atoms. The van der Waals surface area contributed by atoms with Gasteiger partial charge in [-0.3, -0.25) is 19.8 Å². The lowest BCUT2D eigenvalue weighted by molar-refractivity contribution is -0.122. The Hall–Kier alpha value is -3.70. The molecule has 1 aliphatic rings. The molecule has 8 heteroatoms. The normalized spacial score (nSPS) is 15.1. The van der Waals surface area contributed by atoms with E-state index < -0.39 is 17.6 Å². The first-order valence-electron chi connectivity index (χ1n) is 8.36. The van der Waals surface area contributed by atoms with Crippen molar-refractivity contribution < 1.29 is 23.5 Å². The molecule has 1 saturated heterocycles. The highest BCUT2D eigenvalue weighted by Gasteiger charge is 2.34.